The van der Waals surface area contributed by atoms with Crippen molar-refractivity contribution in [2.24, 2.45) is 0 Å². The number of hydrogen-bond donors (Lipinski definition) is 0. The van der Waals surface area contributed by atoms with Gasteiger partial charge in [0.2, 0.25) is 0 Å². The maximum atomic E-state index is 11.0. The summed E-state index contributed by atoms with van der Waals surface area (Å²) in [5.41, 5.74) is 4.16. The summed E-state index contributed by atoms with van der Waals surface area (Å²) < 4.78 is 0. The number of non-ortho nitro benzene ring substituents is 1. The summed E-state index contributed by atoms with van der Waals surface area (Å²) in [6, 6.07) is 14.9. The smallest absolute Gasteiger partial charge is 0.269 e. The van der Waals surface area contributed by atoms with Crippen molar-refractivity contribution in [2.75, 3.05) is 17.3 Å². The first-order chi connectivity index (χ1) is 12.9. The van der Waals surface area contributed by atoms with Crippen molar-refractivity contribution in [2.45, 2.75) is 26.3 Å². The molecule has 0 unspecified atom stereocenters. The number of alkyl halides is 1. The zero-order chi connectivity index (χ0) is 20.2. The van der Waals surface area contributed by atoms with Crippen LogP contribution in [0, 0.1) is 28.4 Å². The first-order valence-electron chi connectivity index (χ1n) is 8.33. The molecule has 27 heavy (non-hydrogen) atoms. The number of nitro groups is 1. The van der Waals surface area contributed by atoms with Crippen molar-refractivity contribution in [3.63, 3.8) is 0 Å². The zero-order valence-electron chi connectivity index (χ0n) is 15.4. The molecule has 0 saturated carbocycles. The second kappa shape index (κ2) is 11.8. The average molecular weight is 432 g/mol. The minimum Gasteiger partial charge on any atom is -0.370 e. The summed E-state index contributed by atoms with van der Waals surface area (Å²) >= 11 is 2.89. The number of halogens is 1. The van der Waals surface area contributed by atoms with E-state index in [2.05, 4.69) is 33.0 Å². The molecule has 0 saturated heterocycles. The largest absolute Gasteiger partial charge is 0.370 e. The molecule has 0 amide bonds. The van der Waals surface area contributed by atoms with E-state index in [1.807, 2.05) is 32.2 Å². The van der Waals surface area contributed by atoms with Gasteiger partial charge in [-0.3, -0.25) is 10.1 Å². The molecule has 2 aromatic carbocycles. The number of carbonyl (C=O) groups is 1. The van der Waals surface area contributed by atoms with Crippen molar-refractivity contribution in [3.05, 3.63) is 69.3 Å². The molecule has 7 heteroatoms. The van der Waals surface area contributed by atoms with Gasteiger partial charge in [-0.15, -0.1) is 0 Å². The highest BCUT2D eigenvalue weighted by molar-refractivity contribution is 9.09. The monoisotopic (exact) mass is 431 g/mol. The van der Waals surface area contributed by atoms with Gasteiger partial charge in [-0.05, 0) is 30.5 Å². The summed E-state index contributed by atoms with van der Waals surface area (Å²) in [5.74, 6) is 0. The Hall–Kier alpha value is -2.72. The van der Waals surface area contributed by atoms with Crippen molar-refractivity contribution in [1.82, 2.24) is 0 Å². The Morgan fingerprint density at radius 2 is 2.00 bits per heavy atom. The highest BCUT2D eigenvalue weighted by atomic mass is 79.9. The number of anilines is 1. The molecule has 0 heterocycles. The minimum atomic E-state index is -0.408. The van der Waals surface area contributed by atoms with Crippen LogP contribution in [0.1, 0.15) is 23.1 Å². The van der Waals surface area contributed by atoms with Crippen LogP contribution in [-0.4, -0.2) is 23.6 Å². The molecule has 0 bridgehead atoms. The molecular weight excluding hydrogens is 410 g/mol. The van der Waals surface area contributed by atoms with Crippen LogP contribution in [0.25, 0.3) is 0 Å². The third-order valence-corrected chi connectivity index (χ3v) is 4.03. The van der Waals surface area contributed by atoms with Gasteiger partial charge >= 0.3 is 0 Å². The highest BCUT2D eigenvalue weighted by Crippen LogP contribution is 2.27. The number of aryl methyl sites for hydroxylation is 2. The molecule has 0 N–H and O–H groups in total. The fourth-order valence-corrected chi connectivity index (χ4v) is 2.64. The normalized spacial score (nSPS) is 9.56. The van der Waals surface area contributed by atoms with Crippen LogP contribution >= 0.6 is 15.9 Å². The van der Waals surface area contributed by atoms with E-state index in [9.17, 15) is 14.9 Å². The van der Waals surface area contributed by atoms with Crippen molar-refractivity contribution >= 4 is 33.6 Å². The molecule has 6 nitrogen and oxygen atoms in total. The van der Waals surface area contributed by atoms with E-state index in [4.69, 9.17) is 5.26 Å². The maximum Gasteiger partial charge on any atom is 0.269 e. The molecule has 2 rings (SSSR count). The fourth-order valence-electron chi connectivity index (χ4n) is 2.64. The van der Waals surface area contributed by atoms with Gasteiger partial charge in [0.15, 0.2) is 0 Å². The Kier molecular flexibility index (Phi) is 9.76. The molecule has 0 fully saturated rings. The molecular formula is C20H22BrN3O3. The van der Waals surface area contributed by atoms with Gasteiger partial charge < -0.3 is 9.69 Å². The quantitative estimate of drug-likeness (QED) is 0.277. The number of rotatable bonds is 7. The number of nitrogens with zero attached hydrogens (tertiary/aromatic N) is 3. The van der Waals surface area contributed by atoms with E-state index in [-0.39, 0.29) is 5.69 Å². The van der Waals surface area contributed by atoms with Crippen molar-refractivity contribution < 1.29 is 9.72 Å². The number of aldehydes is 1. The van der Waals surface area contributed by atoms with Crippen LogP contribution in [-0.2, 0) is 17.8 Å². The number of nitriles is 1. The Morgan fingerprint density at radius 3 is 2.56 bits per heavy atom. The SMILES string of the molecule is Cc1cccc(CN(C)c2ccc([N+](=O)[O-])cc2CCC=O)c1.N#CCBr. The van der Waals surface area contributed by atoms with Gasteiger partial charge in [0, 0.05) is 37.8 Å². The highest BCUT2D eigenvalue weighted by Gasteiger charge is 2.13. The molecule has 142 valence electrons. The Labute approximate surface area is 167 Å². The van der Waals surface area contributed by atoms with Crippen LogP contribution in [0.3, 0.4) is 0 Å². The molecule has 0 aromatic heterocycles. The van der Waals surface area contributed by atoms with E-state index in [0.717, 1.165) is 17.5 Å². The second-order valence-corrected chi connectivity index (χ2v) is 6.47. The van der Waals surface area contributed by atoms with Crippen LogP contribution in [0.5, 0.6) is 0 Å². The Balaban J connectivity index is 0.000000828. The molecule has 0 aliphatic heterocycles. The molecule has 0 spiro atoms. The van der Waals surface area contributed by atoms with E-state index >= 15 is 0 Å². The van der Waals surface area contributed by atoms with Gasteiger partial charge in [0.05, 0.1) is 16.3 Å². The molecule has 0 aliphatic carbocycles. The van der Waals surface area contributed by atoms with E-state index in [1.165, 1.54) is 17.2 Å². The summed E-state index contributed by atoms with van der Waals surface area (Å²) in [6.45, 7) is 2.75. The lowest BCUT2D eigenvalue weighted by Crippen LogP contribution is -2.18. The number of carbonyl (C=O) groups excluding carboxylic acids is 1. The van der Waals surface area contributed by atoms with Crippen molar-refractivity contribution in [3.8, 4) is 6.07 Å². The molecule has 2 aromatic rings. The molecule has 0 atom stereocenters. The van der Waals surface area contributed by atoms with Crippen LogP contribution in [0.2, 0.25) is 0 Å². The summed E-state index contributed by atoms with van der Waals surface area (Å²) in [7, 11) is 1.95. The van der Waals surface area contributed by atoms with Gasteiger partial charge in [-0.1, -0.05) is 45.8 Å². The first kappa shape index (κ1) is 22.3. The number of hydrogen-bond acceptors (Lipinski definition) is 5. The second-order valence-electron chi connectivity index (χ2n) is 5.91. The Morgan fingerprint density at radius 1 is 1.30 bits per heavy atom. The maximum absolute atomic E-state index is 11.0. The van der Waals surface area contributed by atoms with E-state index < -0.39 is 4.92 Å². The van der Waals surface area contributed by atoms with E-state index in [0.29, 0.717) is 24.7 Å². The summed E-state index contributed by atoms with van der Waals surface area (Å²) in [4.78, 5) is 23.3. The Bertz CT molecular complexity index is 818. The van der Waals surface area contributed by atoms with Crippen LogP contribution < -0.4 is 4.90 Å². The lowest BCUT2D eigenvalue weighted by molar-refractivity contribution is -0.384. The van der Waals surface area contributed by atoms with Crippen LogP contribution in [0.15, 0.2) is 42.5 Å². The average Bonchev–Trinajstić information content (AvgIpc) is 2.66. The van der Waals surface area contributed by atoms with Crippen molar-refractivity contribution in [1.29, 1.82) is 5.26 Å². The standard InChI is InChI=1S/C18H20N2O3.C2H2BrN/c1-14-5-3-6-15(11-14)13-19(2)18-9-8-17(20(22)23)12-16(18)7-4-10-21;3-1-2-4/h3,5-6,8-12H,4,7,13H2,1-2H3;1H2. The predicted molar refractivity (Wildman–Crippen MR) is 110 cm³/mol. The topological polar surface area (TPSA) is 87.2 Å². The third kappa shape index (κ3) is 7.59. The molecule has 0 aliphatic rings. The van der Waals surface area contributed by atoms with E-state index in [1.54, 1.807) is 12.1 Å². The first-order valence-corrected chi connectivity index (χ1v) is 9.45. The predicted octanol–water partition coefficient (Wildman–Crippen LogP) is 4.58. The zero-order valence-corrected chi connectivity index (χ0v) is 17.0. The summed E-state index contributed by atoms with van der Waals surface area (Å²) in [5, 5.41) is 19.0. The summed E-state index contributed by atoms with van der Waals surface area (Å²) in [6.07, 6.45) is 1.69. The lowest BCUT2D eigenvalue weighted by atomic mass is 10.0. The van der Waals surface area contributed by atoms with Gasteiger partial charge in [-0.2, -0.15) is 5.26 Å². The van der Waals surface area contributed by atoms with Gasteiger partial charge in [-0.25, -0.2) is 0 Å². The fraction of sp³-hybridized carbons (Fsp3) is 0.300. The minimum absolute atomic E-state index is 0.0543. The number of benzene rings is 2. The third-order valence-electron chi connectivity index (χ3n) is 3.78. The van der Waals surface area contributed by atoms with Crippen LogP contribution in [0.4, 0.5) is 11.4 Å². The molecule has 0 radical (unpaired) electrons. The number of nitro benzene ring substituents is 1. The van der Waals surface area contributed by atoms with Gasteiger partial charge in [0.1, 0.15) is 6.29 Å². The van der Waals surface area contributed by atoms with Gasteiger partial charge in [0.25, 0.3) is 5.69 Å². The lowest BCUT2D eigenvalue weighted by Gasteiger charge is -2.22.